The molecule has 0 amide bonds. The van der Waals surface area contributed by atoms with E-state index in [1.54, 1.807) is 35.7 Å². The maximum absolute atomic E-state index is 9.64. The van der Waals surface area contributed by atoms with Gasteiger partial charge < -0.3 is 5.11 Å². The lowest BCUT2D eigenvalue weighted by atomic mass is 10.2. The van der Waals surface area contributed by atoms with E-state index in [9.17, 15) is 5.11 Å². The fourth-order valence-electron chi connectivity index (χ4n) is 2.27. The average molecular weight is 290 g/mol. The van der Waals surface area contributed by atoms with Gasteiger partial charge in [0.25, 0.3) is 0 Å². The molecule has 5 nitrogen and oxygen atoms in total. The maximum atomic E-state index is 9.64. The highest BCUT2D eigenvalue weighted by Gasteiger charge is 2.38. The molecule has 0 fully saturated rings. The first kappa shape index (κ1) is 11.2. The van der Waals surface area contributed by atoms with Gasteiger partial charge in [-0.1, -0.05) is 23.9 Å². The Morgan fingerprint density at radius 2 is 2.21 bits per heavy atom. The van der Waals surface area contributed by atoms with Crippen LogP contribution in [0.2, 0.25) is 0 Å². The van der Waals surface area contributed by atoms with Crippen molar-refractivity contribution < 1.29 is 5.11 Å². The Morgan fingerprint density at radius 3 is 3.05 bits per heavy atom. The fourth-order valence-corrected chi connectivity index (χ4v) is 4.53. The Labute approximate surface area is 118 Å². The summed E-state index contributed by atoms with van der Waals surface area (Å²) in [6.45, 7) is 1.95. The van der Waals surface area contributed by atoms with Crippen LogP contribution in [0.5, 0.6) is 5.75 Å². The summed E-state index contributed by atoms with van der Waals surface area (Å²) < 4.78 is 2.03. The summed E-state index contributed by atoms with van der Waals surface area (Å²) >= 11 is 3.35. The molecule has 7 heteroatoms. The molecule has 96 valence electrons. The number of benzene rings is 1. The van der Waals surface area contributed by atoms with Crippen LogP contribution in [0.3, 0.4) is 0 Å². The van der Waals surface area contributed by atoms with Gasteiger partial charge in [0.1, 0.15) is 16.2 Å². The molecular weight excluding hydrogens is 280 g/mol. The van der Waals surface area contributed by atoms with Crippen molar-refractivity contribution in [2.75, 3.05) is 5.01 Å². The van der Waals surface area contributed by atoms with Crippen molar-refractivity contribution >= 4 is 23.5 Å². The third-order valence-electron chi connectivity index (χ3n) is 3.08. The first-order chi connectivity index (χ1) is 9.24. The van der Waals surface area contributed by atoms with E-state index in [1.807, 2.05) is 23.7 Å². The van der Waals surface area contributed by atoms with E-state index in [0.29, 0.717) is 5.75 Å². The number of phenols is 1. The number of fused-ring (bicyclic) bond motifs is 3. The van der Waals surface area contributed by atoms with Crippen LogP contribution in [0.1, 0.15) is 16.8 Å². The van der Waals surface area contributed by atoms with E-state index in [1.165, 1.54) is 0 Å². The summed E-state index contributed by atoms with van der Waals surface area (Å²) in [5.74, 6) is 1.16. The SMILES string of the molecule is Cc1nnc2n1N1C(=CSC1c1cccc(O)c1)S2. The Bertz CT molecular complexity index is 697. The zero-order valence-electron chi connectivity index (χ0n) is 10.0. The van der Waals surface area contributed by atoms with Crippen molar-refractivity contribution in [1.29, 1.82) is 0 Å². The molecule has 0 aliphatic carbocycles. The van der Waals surface area contributed by atoms with E-state index in [0.717, 1.165) is 21.6 Å². The lowest BCUT2D eigenvalue weighted by molar-refractivity contribution is 0.474. The molecule has 2 aliphatic rings. The molecular formula is C12H10N4OS2. The topological polar surface area (TPSA) is 54.2 Å². The standard InChI is InChI=1S/C12H10N4OS2/c1-7-13-14-12-15(7)16-10(19-12)6-18-11(16)8-3-2-4-9(17)5-8/h2-6,11,17H,1H3. The van der Waals surface area contributed by atoms with Crippen LogP contribution in [-0.2, 0) is 0 Å². The molecule has 1 unspecified atom stereocenters. The van der Waals surface area contributed by atoms with E-state index < -0.39 is 0 Å². The number of aromatic hydroxyl groups is 1. The second-order valence-corrected chi connectivity index (χ2v) is 6.27. The van der Waals surface area contributed by atoms with Crippen LogP contribution in [0.25, 0.3) is 0 Å². The molecule has 4 rings (SSSR count). The summed E-state index contributed by atoms with van der Waals surface area (Å²) in [6, 6.07) is 7.38. The molecule has 2 aromatic rings. The molecule has 19 heavy (non-hydrogen) atoms. The number of nitrogens with zero attached hydrogens (tertiary/aromatic N) is 4. The first-order valence-electron chi connectivity index (χ1n) is 5.78. The van der Waals surface area contributed by atoms with Crippen molar-refractivity contribution in [3.8, 4) is 5.75 Å². The van der Waals surface area contributed by atoms with Crippen molar-refractivity contribution in [2.24, 2.45) is 0 Å². The van der Waals surface area contributed by atoms with Gasteiger partial charge in [-0.05, 0) is 36.4 Å². The minimum absolute atomic E-state index is 0.116. The van der Waals surface area contributed by atoms with Gasteiger partial charge in [0.2, 0.25) is 5.16 Å². The Balaban J connectivity index is 1.80. The van der Waals surface area contributed by atoms with E-state index in [2.05, 4.69) is 20.6 Å². The van der Waals surface area contributed by atoms with E-state index >= 15 is 0 Å². The van der Waals surface area contributed by atoms with Gasteiger partial charge in [-0.3, -0.25) is 5.01 Å². The minimum Gasteiger partial charge on any atom is -0.508 e. The predicted octanol–water partition coefficient (Wildman–Crippen LogP) is 2.58. The zero-order valence-corrected chi connectivity index (χ0v) is 11.6. The van der Waals surface area contributed by atoms with Crippen LogP contribution in [0, 0.1) is 6.92 Å². The van der Waals surface area contributed by atoms with Crippen LogP contribution in [0.15, 0.2) is 39.9 Å². The number of aromatic nitrogens is 3. The van der Waals surface area contributed by atoms with Gasteiger partial charge in [-0.25, -0.2) is 4.68 Å². The molecule has 0 saturated heterocycles. The molecule has 0 saturated carbocycles. The summed E-state index contributed by atoms with van der Waals surface area (Å²) in [4.78, 5) is 0. The van der Waals surface area contributed by atoms with Crippen molar-refractivity contribution in [3.63, 3.8) is 0 Å². The quantitative estimate of drug-likeness (QED) is 0.871. The molecule has 1 atom stereocenters. The molecule has 1 N–H and O–H groups in total. The predicted molar refractivity (Wildman–Crippen MR) is 75.4 cm³/mol. The van der Waals surface area contributed by atoms with E-state index in [4.69, 9.17) is 0 Å². The normalized spacial score (nSPS) is 20.4. The van der Waals surface area contributed by atoms with Crippen LogP contribution in [0.4, 0.5) is 0 Å². The largest absolute Gasteiger partial charge is 0.508 e. The number of thioether (sulfide) groups is 2. The minimum atomic E-state index is 0.116. The van der Waals surface area contributed by atoms with Crippen molar-refractivity contribution in [3.05, 3.63) is 46.1 Å². The monoisotopic (exact) mass is 290 g/mol. The highest BCUT2D eigenvalue weighted by molar-refractivity contribution is 8.07. The highest BCUT2D eigenvalue weighted by Crippen LogP contribution is 2.51. The van der Waals surface area contributed by atoms with Gasteiger partial charge in [0.15, 0.2) is 5.82 Å². The maximum Gasteiger partial charge on any atom is 0.216 e. The first-order valence-corrected chi connectivity index (χ1v) is 7.54. The lowest BCUT2D eigenvalue weighted by Gasteiger charge is -2.25. The number of phenolic OH excluding ortho intramolecular Hbond substituents is 1. The average Bonchev–Trinajstić information content (AvgIpc) is 3.01. The molecule has 0 spiro atoms. The van der Waals surface area contributed by atoms with Gasteiger partial charge in [-0.15, -0.1) is 10.2 Å². The van der Waals surface area contributed by atoms with Crippen molar-refractivity contribution in [1.82, 2.24) is 14.9 Å². The van der Waals surface area contributed by atoms with E-state index in [-0.39, 0.29) is 5.37 Å². The summed E-state index contributed by atoms with van der Waals surface area (Å²) in [6.07, 6.45) is 0. The van der Waals surface area contributed by atoms with Crippen LogP contribution < -0.4 is 5.01 Å². The Morgan fingerprint density at radius 1 is 1.32 bits per heavy atom. The Hall–Kier alpha value is -1.60. The third-order valence-corrected chi connectivity index (χ3v) is 5.27. The molecule has 0 bridgehead atoms. The van der Waals surface area contributed by atoms with Gasteiger partial charge in [-0.2, -0.15) is 0 Å². The molecule has 3 heterocycles. The number of rotatable bonds is 1. The second-order valence-electron chi connectivity index (χ2n) is 4.33. The van der Waals surface area contributed by atoms with Crippen molar-refractivity contribution in [2.45, 2.75) is 17.5 Å². The number of hydrogen-bond acceptors (Lipinski definition) is 6. The Kier molecular flexibility index (Phi) is 2.33. The molecule has 1 aromatic heterocycles. The van der Waals surface area contributed by atoms with Gasteiger partial charge in [0, 0.05) is 5.41 Å². The number of aryl methyl sites for hydroxylation is 1. The molecule has 2 aliphatic heterocycles. The fraction of sp³-hybridized carbons (Fsp3) is 0.167. The highest BCUT2D eigenvalue weighted by atomic mass is 32.2. The second kappa shape index (κ2) is 3.94. The van der Waals surface area contributed by atoms with Crippen LogP contribution >= 0.6 is 23.5 Å². The third kappa shape index (κ3) is 1.58. The van der Waals surface area contributed by atoms with Gasteiger partial charge in [0.05, 0.1) is 0 Å². The van der Waals surface area contributed by atoms with Gasteiger partial charge >= 0.3 is 0 Å². The van der Waals surface area contributed by atoms with Crippen LogP contribution in [-0.4, -0.2) is 20.0 Å². The summed E-state index contributed by atoms with van der Waals surface area (Å²) in [5, 5.41) is 24.4. The molecule has 1 aromatic carbocycles. The smallest absolute Gasteiger partial charge is 0.216 e. The lowest BCUT2D eigenvalue weighted by Crippen LogP contribution is -2.29. The summed E-state index contributed by atoms with van der Waals surface area (Å²) in [7, 11) is 0. The number of hydrogen-bond donors (Lipinski definition) is 1. The zero-order chi connectivity index (χ0) is 13.0. The summed E-state index contributed by atoms with van der Waals surface area (Å²) in [5.41, 5.74) is 1.07. The molecule has 0 radical (unpaired) electrons.